The van der Waals surface area contributed by atoms with Crippen molar-refractivity contribution in [3.63, 3.8) is 0 Å². The molecule has 0 unspecified atom stereocenters. The number of fused-ring (bicyclic) bond motifs is 2. The maximum Gasteiger partial charge on any atom is 0.270 e. The number of non-ortho nitro benzene ring substituents is 1. The molecule has 1 aromatic carbocycles. The topological polar surface area (TPSA) is 166 Å². The van der Waals surface area contributed by atoms with Crippen LogP contribution in [-0.4, -0.2) is 54.4 Å². The number of nitrogens with two attached hydrogens (primary N) is 1. The summed E-state index contributed by atoms with van der Waals surface area (Å²) in [5.74, 6) is -1.07. The van der Waals surface area contributed by atoms with Gasteiger partial charge in [0.15, 0.2) is 5.69 Å². The van der Waals surface area contributed by atoms with Gasteiger partial charge in [-0.15, -0.1) is 0 Å². The van der Waals surface area contributed by atoms with Crippen molar-refractivity contribution in [3.05, 3.63) is 57.4 Å². The summed E-state index contributed by atoms with van der Waals surface area (Å²) < 4.78 is 1.30. The predicted octanol–water partition coefficient (Wildman–Crippen LogP) is 2.50. The summed E-state index contributed by atoms with van der Waals surface area (Å²) in [6.45, 7) is -0.260. The highest BCUT2D eigenvalue weighted by Gasteiger charge is 2.48. The van der Waals surface area contributed by atoms with Crippen LogP contribution in [0.2, 0.25) is 5.15 Å². The minimum atomic E-state index is -0.866. The number of rotatable bonds is 6. The first kappa shape index (κ1) is 23.7. The van der Waals surface area contributed by atoms with Gasteiger partial charge in [-0.3, -0.25) is 29.2 Å². The third-order valence-electron chi connectivity index (χ3n) is 6.86. The molecule has 0 bridgehead atoms. The molecule has 0 radical (unpaired) electrons. The zero-order valence-electron chi connectivity index (χ0n) is 19.0. The number of amides is 3. The van der Waals surface area contributed by atoms with E-state index in [1.165, 1.54) is 22.9 Å². The number of aromatic nitrogens is 3. The van der Waals surface area contributed by atoms with Gasteiger partial charge in [-0.25, -0.2) is 4.98 Å². The molecule has 2 aromatic heterocycles. The van der Waals surface area contributed by atoms with Crippen LogP contribution in [0.25, 0.3) is 10.9 Å². The van der Waals surface area contributed by atoms with Crippen LogP contribution in [0.1, 0.15) is 36.2 Å². The quantitative estimate of drug-likeness (QED) is 0.291. The number of nitro benzene ring substituents is 1. The van der Waals surface area contributed by atoms with Gasteiger partial charge in [0.2, 0.25) is 11.8 Å². The number of likely N-dealkylation sites (tertiary alicyclic amines) is 1. The van der Waals surface area contributed by atoms with E-state index in [0.29, 0.717) is 17.8 Å². The molecule has 3 N–H and O–H groups in total. The largest absolute Gasteiger partial charge is 0.364 e. The minimum Gasteiger partial charge on any atom is -0.364 e. The molecule has 3 aromatic rings. The number of nitro groups is 1. The number of carbonyl (C=O) groups excluding carboxylic acids is 3. The summed E-state index contributed by atoms with van der Waals surface area (Å²) in [4.78, 5) is 55.1. The number of halogens is 1. The summed E-state index contributed by atoms with van der Waals surface area (Å²) in [5, 5.41) is 18.5. The highest BCUT2D eigenvalue weighted by molar-refractivity contribution is 6.29. The summed E-state index contributed by atoms with van der Waals surface area (Å²) in [5.41, 5.74) is 5.41. The van der Waals surface area contributed by atoms with Crippen LogP contribution >= 0.6 is 11.6 Å². The van der Waals surface area contributed by atoms with Crippen molar-refractivity contribution >= 4 is 51.7 Å². The Labute approximate surface area is 209 Å². The van der Waals surface area contributed by atoms with Crippen LogP contribution in [-0.2, 0) is 16.1 Å². The SMILES string of the molecule is NC(=O)c1nn(CC(=O)N2[C@H](C(=O)Nc3cccc(Cl)n3)C[C@@H]3CCC[C@@H]32)c2ccc([N+](=O)[O-])cc12. The zero-order valence-corrected chi connectivity index (χ0v) is 19.7. The molecule has 1 aliphatic carbocycles. The molecule has 5 rings (SSSR count). The molecule has 13 heteroatoms. The monoisotopic (exact) mass is 511 g/mol. The summed E-state index contributed by atoms with van der Waals surface area (Å²) >= 11 is 5.93. The van der Waals surface area contributed by atoms with E-state index < -0.39 is 16.9 Å². The molecule has 3 amide bonds. The van der Waals surface area contributed by atoms with Crippen molar-refractivity contribution in [1.82, 2.24) is 19.7 Å². The van der Waals surface area contributed by atoms with Crippen molar-refractivity contribution in [2.24, 2.45) is 11.7 Å². The summed E-state index contributed by atoms with van der Waals surface area (Å²) in [6.07, 6.45) is 3.20. The molecule has 2 aliphatic rings. The second-order valence-electron chi connectivity index (χ2n) is 8.97. The van der Waals surface area contributed by atoms with Crippen LogP contribution in [0.3, 0.4) is 0 Å². The van der Waals surface area contributed by atoms with E-state index in [2.05, 4.69) is 15.4 Å². The lowest BCUT2D eigenvalue weighted by atomic mass is 10.0. The molecule has 3 heterocycles. The lowest BCUT2D eigenvalue weighted by molar-refractivity contribution is -0.384. The molecular formula is C23H22ClN7O5. The van der Waals surface area contributed by atoms with Crippen LogP contribution in [0, 0.1) is 16.0 Å². The van der Waals surface area contributed by atoms with Crippen molar-refractivity contribution in [3.8, 4) is 0 Å². The number of primary amides is 1. The molecule has 2 fully saturated rings. The lowest BCUT2D eigenvalue weighted by Crippen LogP contribution is -2.48. The molecule has 1 aliphatic heterocycles. The smallest absolute Gasteiger partial charge is 0.270 e. The molecule has 186 valence electrons. The fourth-order valence-electron chi connectivity index (χ4n) is 5.36. The summed E-state index contributed by atoms with van der Waals surface area (Å²) in [7, 11) is 0. The normalized spacial score (nSPS) is 20.9. The van der Waals surface area contributed by atoms with Gasteiger partial charge in [0.05, 0.1) is 10.4 Å². The Hall–Kier alpha value is -4.06. The first-order valence-electron chi connectivity index (χ1n) is 11.4. The Balaban J connectivity index is 1.44. The van der Waals surface area contributed by atoms with Crippen molar-refractivity contribution < 1.29 is 19.3 Å². The van der Waals surface area contributed by atoms with Gasteiger partial charge in [0.25, 0.3) is 11.6 Å². The third-order valence-corrected chi connectivity index (χ3v) is 7.07. The molecule has 0 spiro atoms. The van der Waals surface area contributed by atoms with Crippen LogP contribution < -0.4 is 11.1 Å². The maximum absolute atomic E-state index is 13.6. The number of anilines is 1. The second-order valence-corrected chi connectivity index (χ2v) is 9.36. The number of nitrogens with one attached hydrogen (secondary N) is 1. The van der Waals surface area contributed by atoms with Crippen LogP contribution in [0.4, 0.5) is 11.5 Å². The molecular weight excluding hydrogens is 490 g/mol. The standard InChI is InChI=1S/C23H22ClN7O5/c24-18-5-2-6-19(26-18)27-23(34)17-9-12-3-1-4-15(12)30(17)20(32)11-29-16-8-7-13(31(35)36)10-14(16)21(28-29)22(25)33/h2,5-8,10,12,15,17H,1,3-4,9,11H2,(H2,25,33)(H,26,27,34)/t12-,15-,17-/m0/s1. The third kappa shape index (κ3) is 4.24. The van der Waals surface area contributed by atoms with E-state index >= 15 is 0 Å². The molecule has 3 atom stereocenters. The van der Waals surface area contributed by atoms with E-state index in [4.69, 9.17) is 17.3 Å². The van der Waals surface area contributed by atoms with E-state index in [-0.39, 0.29) is 52.2 Å². The zero-order chi connectivity index (χ0) is 25.6. The Morgan fingerprint density at radius 2 is 2.03 bits per heavy atom. The minimum absolute atomic E-state index is 0.0842. The van der Waals surface area contributed by atoms with E-state index in [0.717, 1.165) is 19.3 Å². The average molecular weight is 512 g/mol. The number of hydrogen-bond donors (Lipinski definition) is 2. The average Bonchev–Trinajstić information content (AvgIpc) is 3.51. The molecule has 1 saturated heterocycles. The number of nitrogens with zero attached hydrogens (tertiary/aromatic N) is 5. The highest BCUT2D eigenvalue weighted by Crippen LogP contribution is 2.42. The van der Waals surface area contributed by atoms with E-state index in [9.17, 15) is 24.5 Å². The van der Waals surface area contributed by atoms with Gasteiger partial charge in [0.1, 0.15) is 23.6 Å². The van der Waals surface area contributed by atoms with Crippen LogP contribution in [0.5, 0.6) is 0 Å². The van der Waals surface area contributed by atoms with Gasteiger partial charge in [-0.1, -0.05) is 24.1 Å². The van der Waals surface area contributed by atoms with Gasteiger partial charge in [-0.2, -0.15) is 5.10 Å². The Kier molecular flexibility index (Phi) is 6.04. The second kappa shape index (κ2) is 9.19. The van der Waals surface area contributed by atoms with E-state index in [1.54, 1.807) is 23.1 Å². The van der Waals surface area contributed by atoms with Gasteiger partial charge >= 0.3 is 0 Å². The van der Waals surface area contributed by atoms with Crippen molar-refractivity contribution in [2.75, 3.05) is 5.32 Å². The fraction of sp³-hybridized carbons (Fsp3) is 0.348. The van der Waals surface area contributed by atoms with Crippen LogP contribution in [0.15, 0.2) is 36.4 Å². The molecule has 1 saturated carbocycles. The summed E-state index contributed by atoms with van der Waals surface area (Å²) in [6, 6.07) is 8.00. The van der Waals surface area contributed by atoms with Gasteiger partial charge in [-0.05, 0) is 43.4 Å². The number of benzene rings is 1. The van der Waals surface area contributed by atoms with Gasteiger partial charge < -0.3 is 16.0 Å². The first-order valence-corrected chi connectivity index (χ1v) is 11.8. The lowest BCUT2D eigenvalue weighted by Gasteiger charge is -2.29. The Bertz CT molecular complexity index is 1410. The number of hydrogen-bond acceptors (Lipinski definition) is 7. The highest BCUT2D eigenvalue weighted by atomic mass is 35.5. The Morgan fingerprint density at radius 1 is 1.22 bits per heavy atom. The maximum atomic E-state index is 13.6. The number of pyridine rings is 1. The molecule has 36 heavy (non-hydrogen) atoms. The molecule has 12 nitrogen and oxygen atoms in total. The fourth-order valence-corrected chi connectivity index (χ4v) is 5.53. The first-order chi connectivity index (χ1) is 17.2. The van der Waals surface area contributed by atoms with E-state index in [1.807, 2.05) is 0 Å². The van der Waals surface area contributed by atoms with Crippen molar-refractivity contribution in [2.45, 2.75) is 44.3 Å². The van der Waals surface area contributed by atoms with Crippen molar-refractivity contribution in [1.29, 1.82) is 0 Å². The Morgan fingerprint density at radius 3 is 2.75 bits per heavy atom. The van der Waals surface area contributed by atoms with Gasteiger partial charge in [0, 0.05) is 23.6 Å². The number of carbonyl (C=O) groups is 3. The predicted molar refractivity (Wildman–Crippen MR) is 129 cm³/mol.